The maximum atomic E-state index is 11.1. The van der Waals surface area contributed by atoms with Gasteiger partial charge in [-0.2, -0.15) is 0 Å². The van der Waals surface area contributed by atoms with E-state index in [1.165, 1.54) is 5.56 Å². The largest absolute Gasteiger partial charge is 0.493 e. The van der Waals surface area contributed by atoms with Gasteiger partial charge in [0.15, 0.2) is 0 Å². The Hall–Kier alpha value is -6.05. The predicted molar refractivity (Wildman–Crippen MR) is 187 cm³/mol. The van der Waals surface area contributed by atoms with Crippen LogP contribution in [0.2, 0.25) is 0 Å². The fourth-order valence-corrected chi connectivity index (χ4v) is 4.63. The van der Waals surface area contributed by atoms with E-state index >= 15 is 0 Å². The van der Waals surface area contributed by atoms with Crippen molar-refractivity contribution in [1.82, 2.24) is 4.98 Å². The molecule has 7 nitrogen and oxygen atoms in total. The second-order valence-electron chi connectivity index (χ2n) is 10.6. The molecule has 4 rings (SSSR count). The van der Waals surface area contributed by atoms with Crippen LogP contribution in [-0.4, -0.2) is 43.4 Å². The molecule has 0 unspecified atom stereocenters. The highest BCUT2D eigenvalue weighted by Crippen LogP contribution is 2.28. The second-order valence-corrected chi connectivity index (χ2v) is 10.6. The first kappa shape index (κ1) is 34.8. The molecule has 0 amide bonds. The quantitative estimate of drug-likeness (QED) is 0.0664. The average molecular weight is 640 g/mol. The Balaban J connectivity index is 1.30. The fourth-order valence-electron chi connectivity index (χ4n) is 4.63. The molecular weight excluding hydrogens is 602 g/mol. The van der Waals surface area contributed by atoms with E-state index in [1.807, 2.05) is 48.5 Å². The van der Waals surface area contributed by atoms with Gasteiger partial charge in [-0.1, -0.05) is 43.1 Å². The van der Waals surface area contributed by atoms with Crippen molar-refractivity contribution in [3.05, 3.63) is 138 Å². The van der Waals surface area contributed by atoms with Gasteiger partial charge < -0.3 is 18.9 Å². The van der Waals surface area contributed by atoms with Gasteiger partial charge in [0.25, 0.3) is 0 Å². The lowest BCUT2D eigenvalue weighted by Crippen LogP contribution is -2.06. The smallest absolute Gasteiger partial charge is 0.330 e. The van der Waals surface area contributed by atoms with E-state index in [0.29, 0.717) is 44.1 Å². The first-order valence-corrected chi connectivity index (χ1v) is 15.5. The lowest BCUT2D eigenvalue weighted by Gasteiger charge is -2.11. The molecule has 242 valence electrons. The molecule has 0 atom stereocenters. The van der Waals surface area contributed by atoms with Gasteiger partial charge in [-0.05, 0) is 103 Å². The summed E-state index contributed by atoms with van der Waals surface area (Å²) in [5, 5.41) is 0. The number of hydrogen-bond donors (Lipinski definition) is 0. The van der Waals surface area contributed by atoms with E-state index < -0.39 is 11.9 Å². The van der Waals surface area contributed by atoms with E-state index in [0.717, 1.165) is 51.3 Å². The van der Waals surface area contributed by atoms with Crippen LogP contribution in [0.15, 0.2) is 104 Å². The molecular formula is C41H37NO6. The SMILES string of the molecule is C=CC(=O)OCCCOc1ccc(C#Cc2ccc(-c3c(C)cc(C#Cc4ccc(OCCCOC(=O)C=C)cn4)cc3C)cc2)cc1. The molecule has 48 heavy (non-hydrogen) atoms. The Morgan fingerprint density at radius 1 is 0.646 bits per heavy atom. The summed E-state index contributed by atoms with van der Waals surface area (Å²) < 4.78 is 21.2. The van der Waals surface area contributed by atoms with E-state index in [9.17, 15) is 9.59 Å². The van der Waals surface area contributed by atoms with Gasteiger partial charge in [0, 0.05) is 41.7 Å². The number of nitrogens with zero attached hydrogens (tertiary/aromatic N) is 1. The molecule has 0 aliphatic carbocycles. The summed E-state index contributed by atoms with van der Waals surface area (Å²) in [5.74, 6) is 13.3. The molecule has 4 aromatic rings. The van der Waals surface area contributed by atoms with Gasteiger partial charge >= 0.3 is 11.9 Å². The van der Waals surface area contributed by atoms with Gasteiger partial charge in [0.2, 0.25) is 0 Å². The molecule has 0 bridgehead atoms. The minimum Gasteiger partial charge on any atom is -0.493 e. The highest BCUT2D eigenvalue weighted by Gasteiger charge is 2.08. The minimum absolute atomic E-state index is 0.273. The molecule has 0 radical (unpaired) electrons. The molecule has 0 N–H and O–H groups in total. The van der Waals surface area contributed by atoms with Crippen molar-refractivity contribution in [2.24, 2.45) is 0 Å². The minimum atomic E-state index is -0.441. The molecule has 0 fully saturated rings. The van der Waals surface area contributed by atoms with E-state index in [1.54, 1.807) is 6.20 Å². The van der Waals surface area contributed by atoms with Crippen LogP contribution in [0, 0.1) is 37.5 Å². The lowest BCUT2D eigenvalue weighted by molar-refractivity contribution is -0.138. The van der Waals surface area contributed by atoms with E-state index in [4.69, 9.17) is 18.9 Å². The zero-order valence-electron chi connectivity index (χ0n) is 27.2. The summed E-state index contributed by atoms with van der Waals surface area (Å²) in [6.07, 6.45) is 5.09. The number of pyridine rings is 1. The van der Waals surface area contributed by atoms with Crippen molar-refractivity contribution in [3.63, 3.8) is 0 Å². The highest BCUT2D eigenvalue weighted by atomic mass is 16.5. The van der Waals surface area contributed by atoms with Gasteiger partial charge in [0.05, 0.1) is 32.6 Å². The van der Waals surface area contributed by atoms with Crippen molar-refractivity contribution in [3.8, 4) is 46.3 Å². The molecule has 0 saturated heterocycles. The van der Waals surface area contributed by atoms with Crippen LogP contribution in [0.1, 0.15) is 46.4 Å². The van der Waals surface area contributed by atoms with Crippen LogP contribution in [-0.2, 0) is 19.1 Å². The molecule has 0 aliphatic rings. The summed E-state index contributed by atoms with van der Waals surface area (Å²) in [5.41, 5.74) is 7.92. The maximum Gasteiger partial charge on any atom is 0.330 e. The zero-order valence-corrected chi connectivity index (χ0v) is 27.2. The van der Waals surface area contributed by atoms with Crippen LogP contribution < -0.4 is 9.47 Å². The first-order valence-electron chi connectivity index (χ1n) is 15.5. The Bertz CT molecular complexity index is 1830. The normalized spacial score (nSPS) is 9.96. The molecule has 3 aromatic carbocycles. The third-order valence-corrected chi connectivity index (χ3v) is 6.92. The number of esters is 2. The zero-order chi connectivity index (χ0) is 34.1. The van der Waals surface area contributed by atoms with Crippen molar-refractivity contribution in [1.29, 1.82) is 0 Å². The Morgan fingerprint density at radius 3 is 1.67 bits per heavy atom. The molecule has 0 aliphatic heterocycles. The second kappa shape index (κ2) is 18.2. The van der Waals surface area contributed by atoms with Gasteiger partial charge in [0.1, 0.15) is 17.2 Å². The summed E-state index contributed by atoms with van der Waals surface area (Å²) in [6.45, 7) is 12.3. The lowest BCUT2D eigenvalue weighted by atomic mass is 9.93. The van der Waals surface area contributed by atoms with Crippen LogP contribution in [0.5, 0.6) is 11.5 Å². The number of carbonyl (C=O) groups is 2. The Morgan fingerprint density at radius 2 is 1.15 bits per heavy atom. The van der Waals surface area contributed by atoms with Crippen LogP contribution in [0.25, 0.3) is 11.1 Å². The van der Waals surface area contributed by atoms with Gasteiger partial charge in [-0.25, -0.2) is 14.6 Å². The maximum absolute atomic E-state index is 11.1. The molecule has 0 saturated carbocycles. The van der Waals surface area contributed by atoms with Crippen LogP contribution in [0.3, 0.4) is 0 Å². The number of benzene rings is 3. The van der Waals surface area contributed by atoms with Gasteiger partial charge in [-0.15, -0.1) is 0 Å². The number of ether oxygens (including phenoxy) is 4. The number of aryl methyl sites for hydroxylation is 2. The van der Waals surface area contributed by atoms with Crippen molar-refractivity contribution in [2.45, 2.75) is 26.7 Å². The number of hydrogen-bond acceptors (Lipinski definition) is 7. The van der Waals surface area contributed by atoms with Crippen molar-refractivity contribution >= 4 is 11.9 Å². The summed E-state index contributed by atoms with van der Waals surface area (Å²) in [4.78, 5) is 26.5. The van der Waals surface area contributed by atoms with Gasteiger partial charge in [-0.3, -0.25) is 0 Å². The average Bonchev–Trinajstić information content (AvgIpc) is 3.10. The Kier molecular flexibility index (Phi) is 13.2. The van der Waals surface area contributed by atoms with Crippen molar-refractivity contribution in [2.75, 3.05) is 26.4 Å². The highest BCUT2D eigenvalue weighted by molar-refractivity contribution is 5.81. The molecule has 7 heteroatoms. The third kappa shape index (κ3) is 11.1. The summed E-state index contributed by atoms with van der Waals surface area (Å²) >= 11 is 0. The van der Waals surface area contributed by atoms with E-state index in [-0.39, 0.29) is 6.61 Å². The topological polar surface area (TPSA) is 84.0 Å². The number of carbonyl (C=O) groups excluding carboxylic acids is 2. The van der Waals surface area contributed by atoms with Crippen LogP contribution >= 0.6 is 0 Å². The molecule has 0 spiro atoms. The predicted octanol–water partition coefficient (Wildman–Crippen LogP) is 7.16. The standard InChI is InChI=1S/C41H37NO6/c1-5-39(43)47-25-7-23-45-37-20-14-33(15-21-37)10-9-32-11-16-35(17-12-32)41-30(3)27-34(28-31(41)4)13-18-36-19-22-38(29-42-36)46-24-8-26-48-40(44)6-2/h5-6,11-12,14-17,19-22,27-29H,1-2,7-8,23-26H2,3-4H3. The Labute approximate surface area is 282 Å². The van der Waals surface area contributed by atoms with E-state index in [2.05, 4.69) is 79.9 Å². The van der Waals surface area contributed by atoms with Crippen LogP contribution in [0.4, 0.5) is 0 Å². The number of aromatic nitrogens is 1. The molecule has 1 heterocycles. The fraction of sp³-hybridized carbons (Fsp3) is 0.195. The first-order chi connectivity index (χ1) is 23.3. The molecule has 1 aromatic heterocycles. The number of rotatable bonds is 13. The summed E-state index contributed by atoms with van der Waals surface area (Å²) in [7, 11) is 0. The monoisotopic (exact) mass is 639 g/mol. The third-order valence-electron chi connectivity index (χ3n) is 6.92. The van der Waals surface area contributed by atoms with Crippen molar-refractivity contribution < 1.29 is 28.5 Å². The summed E-state index contributed by atoms with van der Waals surface area (Å²) in [6, 6.07) is 23.7.